The van der Waals surface area contributed by atoms with E-state index in [-0.39, 0.29) is 11.7 Å². The molecule has 116 valence electrons. The maximum atomic E-state index is 11.2. The van der Waals surface area contributed by atoms with E-state index in [1.54, 1.807) is 10.9 Å². The van der Waals surface area contributed by atoms with E-state index in [0.717, 1.165) is 29.7 Å². The molecule has 0 fully saturated rings. The third-order valence-corrected chi connectivity index (χ3v) is 3.39. The van der Waals surface area contributed by atoms with Crippen LogP contribution in [0.4, 0.5) is 5.82 Å². The molecule has 9 heteroatoms. The third kappa shape index (κ3) is 2.57. The van der Waals surface area contributed by atoms with Crippen molar-refractivity contribution in [2.75, 3.05) is 5.32 Å². The molecule has 0 radical (unpaired) electrons. The van der Waals surface area contributed by atoms with E-state index in [1.165, 1.54) is 0 Å². The molecule has 0 aromatic carbocycles. The quantitative estimate of drug-likeness (QED) is 0.644. The van der Waals surface area contributed by atoms with E-state index in [2.05, 4.69) is 42.5 Å². The minimum Gasteiger partial charge on any atom is -0.360 e. The SMILES string of the molecule is CCCc1nc(N[C@@H](C)c2n[nH]c(=O)[nH]2)c2cnn(C)c2n1. The lowest BCUT2D eigenvalue weighted by molar-refractivity contribution is 0.766. The average molecular weight is 302 g/mol. The second-order valence-electron chi connectivity index (χ2n) is 5.17. The maximum Gasteiger partial charge on any atom is 0.340 e. The summed E-state index contributed by atoms with van der Waals surface area (Å²) in [5.41, 5.74) is 0.452. The lowest BCUT2D eigenvalue weighted by Crippen LogP contribution is -2.12. The molecule has 22 heavy (non-hydrogen) atoms. The number of aryl methyl sites for hydroxylation is 2. The predicted octanol–water partition coefficient (Wildman–Crippen LogP) is 0.900. The Morgan fingerprint density at radius 1 is 1.41 bits per heavy atom. The monoisotopic (exact) mass is 302 g/mol. The Kier molecular flexibility index (Phi) is 3.61. The first-order valence-electron chi connectivity index (χ1n) is 7.18. The van der Waals surface area contributed by atoms with Crippen LogP contribution in [0.2, 0.25) is 0 Å². The van der Waals surface area contributed by atoms with Crippen molar-refractivity contribution in [1.82, 2.24) is 34.9 Å². The normalized spacial score (nSPS) is 12.7. The molecule has 0 aliphatic carbocycles. The van der Waals surface area contributed by atoms with Gasteiger partial charge in [-0.25, -0.2) is 19.9 Å². The summed E-state index contributed by atoms with van der Waals surface area (Å²) < 4.78 is 1.72. The van der Waals surface area contributed by atoms with Gasteiger partial charge in [-0.15, -0.1) is 0 Å². The number of anilines is 1. The van der Waals surface area contributed by atoms with Gasteiger partial charge in [0.1, 0.15) is 11.6 Å². The van der Waals surface area contributed by atoms with Crippen molar-refractivity contribution in [3.8, 4) is 0 Å². The highest BCUT2D eigenvalue weighted by atomic mass is 16.1. The third-order valence-electron chi connectivity index (χ3n) is 3.39. The summed E-state index contributed by atoms with van der Waals surface area (Å²) in [4.78, 5) is 22.9. The van der Waals surface area contributed by atoms with E-state index in [0.29, 0.717) is 11.6 Å². The zero-order chi connectivity index (χ0) is 15.7. The van der Waals surface area contributed by atoms with Gasteiger partial charge in [0, 0.05) is 13.5 Å². The first-order chi connectivity index (χ1) is 10.6. The topological polar surface area (TPSA) is 117 Å². The van der Waals surface area contributed by atoms with Crippen molar-refractivity contribution in [2.45, 2.75) is 32.7 Å². The number of aromatic nitrogens is 7. The molecule has 0 saturated heterocycles. The molecule has 0 saturated carbocycles. The number of nitrogens with one attached hydrogen (secondary N) is 3. The molecule has 0 amide bonds. The van der Waals surface area contributed by atoms with Crippen molar-refractivity contribution in [3.63, 3.8) is 0 Å². The van der Waals surface area contributed by atoms with Crippen LogP contribution in [-0.4, -0.2) is 34.9 Å². The summed E-state index contributed by atoms with van der Waals surface area (Å²) in [6.45, 7) is 3.98. The smallest absolute Gasteiger partial charge is 0.340 e. The van der Waals surface area contributed by atoms with Crippen molar-refractivity contribution in [1.29, 1.82) is 0 Å². The summed E-state index contributed by atoms with van der Waals surface area (Å²) in [5, 5.41) is 14.6. The summed E-state index contributed by atoms with van der Waals surface area (Å²) in [5.74, 6) is 1.99. The first kappa shape index (κ1) is 14.2. The van der Waals surface area contributed by atoms with Gasteiger partial charge in [-0.1, -0.05) is 6.92 Å². The van der Waals surface area contributed by atoms with Crippen LogP contribution >= 0.6 is 0 Å². The summed E-state index contributed by atoms with van der Waals surface area (Å²) in [6, 6.07) is -0.202. The van der Waals surface area contributed by atoms with Crippen molar-refractivity contribution in [3.05, 3.63) is 28.3 Å². The van der Waals surface area contributed by atoms with Crippen molar-refractivity contribution < 1.29 is 0 Å². The van der Waals surface area contributed by atoms with Crippen LogP contribution in [-0.2, 0) is 13.5 Å². The second-order valence-corrected chi connectivity index (χ2v) is 5.17. The maximum absolute atomic E-state index is 11.2. The van der Waals surface area contributed by atoms with Gasteiger partial charge in [-0.05, 0) is 13.3 Å². The standard InChI is InChI=1S/C13H18N8O/c1-4-5-9-16-11(8-6-14-21(3)12(8)17-9)15-7(2)10-18-13(22)20-19-10/h6-7H,4-5H2,1-3H3,(H,15,16,17)(H2,18,19,20,22)/t7-/m0/s1. The Labute approximate surface area is 126 Å². The molecule has 0 spiro atoms. The largest absolute Gasteiger partial charge is 0.360 e. The van der Waals surface area contributed by atoms with Crippen LogP contribution in [0.3, 0.4) is 0 Å². The number of rotatable bonds is 5. The molecule has 1 atom stereocenters. The van der Waals surface area contributed by atoms with Crippen molar-refractivity contribution in [2.24, 2.45) is 7.05 Å². The molecule has 0 unspecified atom stereocenters. The number of H-pyrrole nitrogens is 2. The van der Waals surface area contributed by atoms with Crippen LogP contribution < -0.4 is 11.0 Å². The molecule has 3 aromatic rings. The predicted molar refractivity (Wildman–Crippen MR) is 81.5 cm³/mol. The number of aromatic amines is 2. The van der Waals surface area contributed by atoms with Crippen LogP contribution in [0.15, 0.2) is 11.0 Å². The average Bonchev–Trinajstić information content (AvgIpc) is 3.07. The second kappa shape index (κ2) is 5.58. The molecule has 9 nitrogen and oxygen atoms in total. The van der Waals surface area contributed by atoms with Crippen LogP contribution in [0.25, 0.3) is 11.0 Å². The van der Waals surface area contributed by atoms with Gasteiger partial charge in [0.25, 0.3) is 0 Å². The lowest BCUT2D eigenvalue weighted by Gasteiger charge is -2.13. The fraction of sp³-hybridized carbons (Fsp3) is 0.462. The molecule has 3 N–H and O–H groups in total. The zero-order valence-corrected chi connectivity index (χ0v) is 12.7. The van der Waals surface area contributed by atoms with Gasteiger partial charge < -0.3 is 5.32 Å². The van der Waals surface area contributed by atoms with Gasteiger partial charge in [0.2, 0.25) is 0 Å². The van der Waals surface area contributed by atoms with E-state index in [4.69, 9.17) is 0 Å². The zero-order valence-electron chi connectivity index (χ0n) is 12.7. The number of hydrogen-bond acceptors (Lipinski definition) is 6. The Hall–Kier alpha value is -2.71. The van der Waals surface area contributed by atoms with E-state index >= 15 is 0 Å². The van der Waals surface area contributed by atoms with Gasteiger partial charge >= 0.3 is 5.69 Å². The van der Waals surface area contributed by atoms with Gasteiger partial charge in [-0.2, -0.15) is 10.2 Å². The molecule has 3 rings (SSSR count). The van der Waals surface area contributed by atoms with E-state index in [9.17, 15) is 4.79 Å². The highest BCUT2D eigenvalue weighted by molar-refractivity contribution is 5.86. The number of fused-ring (bicyclic) bond motifs is 1. The molecular formula is C13H18N8O. The first-order valence-corrected chi connectivity index (χ1v) is 7.18. The Morgan fingerprint density at radius 2 is 2.23 bits per heavy atom. The molecule has 0 bridgehead atoms. The van der Waals surface area contributed by atoms with Crippen LogP contribution in [0.5, 0.6) is 0 Å². The number of hydrogen-bond donors (Lipinski definition) is 3. The van der Waals surface area contributed by atoms with Gasteiger partial charge in [0.15, 0.2) is 11.5 Å². The molecular weight excluding hydrogens is 284 g/mol. The highest BCUT2D eigenvalue weighted by Gasteiger charge is 2.15. The molecule has 3 aromatic heterocycles. The lowest BCUT2D eigenvalue weighted by atomic mass is 10.2. The minimum absolute atomic E-state index is 0.202. The van der Waals surface area contributed by atoms with Crippen molar-refractivity contribution >= 4 is 16.9 Å². The Morgan fingerprint density at radius 3 is 2.91 bits per heavy atom. The Balaban J connectivity index is 1.99. The summed E-state index contributed by atoms with van der Waals surface area (Å²) in [7, 11) is 1.85. The van der Waals surface area contributed by atoms with Gasteiger partial charge in [-0.3, -0.25) is 9.67 Å². The number of nitrogens with zero attached hydrogens (tertiary/aromatic N) is 5. The molecule has 3 heterocycles. The van der Waals surface area contributed by atoms with Crippen LogP contribution in [0, 0.1) is 0 Å². The fourth-order valence-corrected chi connectivity index (χ4v) is 2.27. The highest BCUT2D eigenvalue weighted by Crippen LogP contribution is 2.23. The van der Waals surface area contributed by atoms with Crippen LogP contribution in [0.1, 0.15) is 38.0 Å². The summed E-state index contributed by atoms with van der Waals surface area (Å²) >= 11 is 0. The van der Waals surface area contributed by atoms with E-state index in [1.807, 2.05) is 14.0 Å². The Bertz CT molecular complexity index is 845. The minimum atomic E-state index is -0.329. The van der Waals surface area contributed by atoms with E-state index < -0.39 is 0 Å². The summed E-state index contributed by atoms with van der Waals surface area (Å²) in [6.07, 6.45) is 3.49. The van der Waals surface area contributed by atoms with Gasteiger partial charge in [0.05, 0.1) is 17.6 Å². The fourth-order valence-electron chi connectivity index (χ4n) is 2.27. The molecule has 0 aliphatic rings. The molecule has 0 aliphatic heterocycles.